The maximum absolute atomic E-state index is 14.1. The predicted molar refractivity (Wildman–Crippen MR) is 117 cm³/mol. The molecule has 1 aliphatic heterocycles. The Bertz CT molecular complexity index is 946. The third-order valence-corrected chi connectivity index (χ3v) is 6.29. The number of hydrogen-bond acceptors (Lipinski definition) is 3. The summed E-state index contributed by atoms with van der Waals surface area (Å²) in [6.45, 7) is 2.64. The zero-order valence-electron chi connectivity index (χ0n) is 17.5. The van der Waals surface area contributed by atoms with Gasteiger partial charge in [-0.3, -0.25) is 14.7 Å². The van der Waals surface area contributed by atoms with Gasteiger partial charge in [-0.05, 0) is 48.6 Å². The number of rotatable bonds is 6. The second-order valence-electron chi connectivity index (χ2n) is 8.48. The van der Waals surface area contributed by atoms with Crippen LogP contribution in [0.25, 0.3) is 11.1 Å². The summed E-state index contributed by atoms with van der Waals surface area (Å²) in [5.74, 6) is 0.736. The van der Waals surface area contributed by atoms with Gasteiger partial charge in [0, 0.05) is 12.0 Å². The normalized spacial score (nSPS) is 18.1. The Kier molecular flexibility index (Phi) is 5.89. The third kappa shape index (κ3) is 3.98. The second kappa shape index (κ2) is 8.58. The standard InChI is InChI=1S/C25H29FN2O2/c1-2-3-7-23-27-25(14-5-4-6-15-25)24(30)28(23)17-18-8-10-19(11-9-18)21-16-20(29)12-13-22(21)26/h8-13,16,29H,2-7,14-15,17H2,1H3. The molecule has 1 N–H and O–H groups in total. The molecule has 0 bridgehead atoms. The number of unbranched alkanes of at least 4 members (excludes halogenated alkanes) is 1. The second-order valence-corrected chi connectivity index (χ2v) is 8.48. The van der Waals surface area contributed by atoms with E-state index in [2.05, 4.69) is 6.92 Å². The summed E-state index contributed by atoms with van der Waals surface area (Å²) in [6.07, 6.45) is 7.94. The number of halogens is 1. The summed E-state index contributed by atoms with van der Waals surface area (Å²) < 4.78 is 14.1. The van der Waals surface area contributed by atoms with E-state index in [-0.39, 0.29) is 17.5 Å². The highest BCUT2D eigenvalue weighted by molar-refractivity contribution is 6.08. The Morgan fingerprint density at radius 1 is 1.10 bits per heavy atom. The molecule has 1 spiro atoms. The highest BCUT2D eigenvalue weighted by Gasteiger charge is 2.47. The van der Waals surface area contributed by atoms with Crippen molar-refractivity contribution in [3.63, 3.8) is 0 Å². The minimum atomic E-state index is -0.536. The Balaban J connectivity index is 1.55. The number of phenolic OH excluding ortho intramolecular Hbond substituents is 1. The van der Waals surface area contributed by atoms with E-state index in [9.17, 15) is 14.3 Å². The van der Waals surface area contributed by atoms with Crippen LogP contribution in [0.3, 0.4) is 0 Å². The van der Waals surface area contributed by atoms with Crippen LogP contribution >= 0.6 is 0 Å². The van der Waals surface area contributed by atoms with Gasteiger partial charge in [0.2, 0.25) is 0 Å². The van der Waals surface area contributed by atoms with Crippen molar-refractivity contribution in [1.82, 2.24) is 4.90 Å². The average Bonchev–Trinajstić information content (AvgIpc) is 3.00. The van der Waals surface area contributed by atoms with Crippen molar-refractivity contribution in [3.8, 4) is 16.9 Å². The molecule has 5 heteroatoms. The first-order valence-electron chi connectivity index (χ1n) is 11.0. The minimum Gasteiger partial charge on any atom is -0.508 e. The Labute approximate surface area is 177 Å². The van der Waals surface area contributed by atoms with Crippen LogP contribution in [0.2, 0.25) is 0 Å². The van der Waals surface area contributed by atoms with E-state index in [1.165, 1.54) is 24.6 Å². The fraction of sp³-hybridized carbons (Fsp3) is 0.440. The molecule has 0 unspecified atom stereocenters. The topological polar surface area (TPSA) is 52.9 Å². The van der Waals surface area contributed by atoms with Crippen LogP contribution in [0.4, 0.5) is 4.39 Å². The third-order valence-electron chi connectivity index (χ3n) is 6.29. The molecule has 1 heterocycles. The molecule has 4 nitrogen and oxygen atoms in total. The highest BCUT2D eigenvalue weighted by atomic mass is 19.1. The zero-order valence-corrected chi connectivity index (χ0v) is 17.5. The van der Waals surface area contributed by atoms with E-state index in [1.54, 1.807) is 0 Å². The van der Waals surface area contributed by atoms with Crippen LogP contribution in [0.1, 0.15) is 63.9 Å². The number of aliphatic imine (C=N–C) groups is 1. The van der Waals surface area contributed by atoms with Crippen molar-refractivity contribution in [2.24, 2.45) is 4.99 Å². The molecular formula is C25H29FN2O2. The molecule has 0 saturated heterocycles. The van der Waals surface area contributed by atoms with Gasteiger partial charge >= 0.3 is 0 Å². The molecule has 1 fully saturated rings. The fourth-order valence-corrected chi connectivity index (χ4v) is 4.58. The number of hydrogen-bond donors (Lipinski definition) is 1. The van der Waals surface area contributed by atoms with Crippen molar-refractivity contribution in [2.45, 2.75) is 70.4 Å². The number of carbonyl (C=O) groups excluding carboxylic acids is 1. The molecule has 2 aromatic rings. The van der Waals surface area contributed by atoms with Gasteiger partial charge in [-0.25, -0.2) is 4.39 Å². The van der Waals surface area contributed by atoms with E-state index in [0.29, 0.717) is 17.7 Å². The number of phenols is 1. The van der Waals surface area contributed by atoms with Gasteiger partial charge in [-0.15, -0.1) is 0 Å². The van der Waals surface area contributed by atoms with E-state index in [0.717, 1.165) is 56.3 Å². The Morgan fingerprint density at radius 3 is 2.53 bits per heavy atom. The monoisotopic (exact) mass is 408 g/mol. The number of carbonyl (C=O) groups is 1. The Morgan fingerprint density at radius 2 is 1.83 bits per heavy atom. The average molecular weight is 409 g/mol. The van der Waals surface area contributed by atoms with Crippen LogP contribution in [-0.2, 0) is 11.3 Å². The minimum absolute atomic E-state index is 0.0349. The van der Waals surface area contributed by atoms with Crippen molar-refractivity contribution in [2.75, 3.05) is 0 Å². The van der Waals surface area contributed by atoms with Crippen LogP contribution < -0.4 is 0 Å². The summed E-state index contributed by atoms with van der Waals surface area (Å²) in [6, 6.07) is 11.6. The van der Waals surface area contributed by atoms with E-state index in [1.807, 2.05) is 29.2 Å². The summed E-state index contributed by atoms with van der Waals surface area (Å²) in [5.41, 5.74) is 1.52. The molecule has 0 atom stereocenters. The van der Waals surface area contributed by atoms with Gasteiger partial charge in [0.1, 0.15) is 22.9 Å². The molecular weight excluding hydrogens is 379 g/mol. The van der Waals surface area contributed by atoms with E-state index >= 15 is 0 Å². The summed E-state index contributed by atoms with van der Waals surface area (Å²) >= 11 is 0. The summed E-state index contributed by atoms with van der Waals surface area (Å²) in [5, 5.41) is 9.67. The van der Waals surface area contributed by atoms with Gasteiger partial charge in [0.25, 0.3) is 5.91 Å². The van der Waals surface area contributed by atoms with Gasteiger partial charge < -0.3 is 5.11 Å². The van der Waals surface area contributed by atoms with Gasteiger partial charge in [0.05, 0.1) is 6.54 Å². The molecule has 2 aliphatic rings. The molecule has 1 saturated carbocycles. The maximum atomic E-state index is 14.1. The lowest BCUT2D eigenvalue weighted by Crippen LogP contribution is -2.43. The number of amides is 1. The van der Waals surface area contributed by atoms with Crippen LogP contribution in [0, 0.1) is 5.82 Å². The van der Waals surface area contributed by atoms with Crippen molar-refractivity contribution in [3.05, 3.63) is 53.8 Å². The number of amidine groups is 1. The number of nitrogens with zero attached hydrogens (tertiary/aromatic N) is 2. The first-order chi connectivity index (χ1) is 14.5. The molecule has 158 valence electrons. The van der Waals surface area contributed by atoms with Crippen LogP contribution in [0.5, 0.6) is 5.75 Å². The van der Waals surface area contributed by atoms with Gasteiger partial charge in [-0.1, -0.05) is 56.9 Å². The van der Waals surface area contributed by atoms with Crippen LogP contribution in [0.15, 0.2) is 47.5 Å². The number of benzene rings is 2. The largest absolute Gasteiger partial charge is 0.508 e. The molecule has 4 rings (SSSR count). The van der Waals surface area contributed by atoms with E-state index < -0.39 is 5.54 Å². The summed E-state index contributed by atoms with van der Waals surface area (Å²) in [7, 11) is 0. The lowest BCUT2D eigenvalue weighted by molar-refractivity contribution is -0.132. The quantitative estimate of drug-likeness (QED) is 0.654. The van der Waals surface area contributed by atoms with Crippen molar-refractivity contribution in [1.29, 1.82) is 0 Å². The van der Waals surface area contributed by atoms with Gasteiger partial charge in [-0.2, -0.15) is 0 Å². The zero-order chi connectivity index (χ0) is 21.1. The lowest BCUT2D eigenvalue weighted by atomic mass is 9.82. The smallest absolute Gasteiger partial charge is 0.256 e. The fourth-order valence-electron chi connectivity index (χ4n) is 4.58. The van der Waals surface area contributed by atoms with Crippen molar-refractivity contribution >= 4 is 11.7 Å². The Hall–Kier alpha value is -2.69. The number of aromatic hydroxyl groups is 1. The SMILES string of the molecule is CCCCC1=NC2(CCCCC2)C(=O)N1Cc1ccc(-c2cc(O)ccc2F)cc1. The molecule has 0 aromatic heterocycles. The molecule has 1 aliphatic carbocycles. The first kappa shape index (κ1) is 20.6. The van der Waals surface area contributed by atoms with E-state index in [4.69, 9.17) is 4.99 Å². The molecule has 2 aromatic carbocycles. The lowest BCUT2D eigenvalue weighted by Gasteiger charge is -2.29. The molecule has 1 amide bonds. The van der Waals surface area contributed by atoms with Gasteiger partial charge in [0.15, 0.2) is 0 Å². The maximum Gasteiger partial charge on any atom is 0.256 e. The van der Waals surface area contributed by atoms with Crippen molar-refractivity contribution < 1.29 is 14.3 Å². The van der Waals surface area contributed by atoms with Crippen LogP contribution in [-0.4, -0.2) is 27.3 Å². The summed E-state index contributed by atoms with van der Waals surface area (Å²) in [4.78, 5) is 20.2. The first-order valence-corrected chi connectivity index (χ1v) is 11.0. The predicted octanol–water partition coefficient (Wildman–Crippen LogP) is 5.83. The molecule has 0 radical (unpaired) electrons. The molecule has 30 heavy (non-hydrogen) atoms. The highest BCUT2D eigenvalue weighted by Crippen LogP contribution is 2.39.